The van der Waals surface area contributed by atoms with Gasteiger partial charge in [0.2, 0.25) is 5.91 Å². The van der Waals surface area contributed by atoms with E-state index < -0.39 is 22.9 Å². The molecule has 1 saturated carbocycles. The van der Waals surface area contributed by atoms with Crippen LogP contribution in [-0.4, -0.2) is 36.2 Å². The second-order valence-corrected chi connectivity index (χ2v) is 10.3. The number of fused-ring (bicyclic) bond motifs is 2. The number of carbonyl (C=O) groups excluding carboxylic acids is 2. The zero-order valence-corrected chi connectivity index (χ0v) is 20.6. The van der Waals surface area contributed by atoms with Crippen molar-refractivity contribution in [3.05, 3.63) is 83.4 Å². The molecule has 3 N–H and O–H groups in total. The number of ether oxygens (including phenoxy) is 1. The number of carbonyl (C=O) groups is 3. The minimum atomic E-state index is -1.14. The van der Waals surface area contributed by atoms with Gasteiger partial charge in [-0.3, -0.25) is 14.6 Å². The Morgan fingerprint density at radius 1 is 1.03 bits per heavy atom. The molecule has 2 atom stereocenters. The van der Waals surface area contributed by atoms with E-state index in [1.807, 2.05) is 48.5 Å². The highest BCUT2D eigenvalue weighted by Gasteiger charge is 2.77. The lowest BCUT2D eigenvalue weighted by Gasteiger charge is -2.27. The van der Waals surface area contributed by atoms with Gasteiger partial charge in [0, 0.05) is 11.1 Å². The number of hydrogen-bond acceptors (Lipinski definition) is 5. The molecule has 3 aromatic rings. The second kappa shape index (κ2) is 7.83. The van der Waals surface area contributed by atoms with Gasteiger partial charge < -0.3 is 15.6 Å². The smallest absolute Gasteiger partial charge is 0.414 e. The van der Waals surface area contributed by atoms with Crippen molar-refractivity contribution in [3.63, 3.8) is 0 Å². The van der Waals surface area contributed by atoms with Gasteiger partial charge in [-0.15, -0.1) is 0 Å². The number of nitrogens with zero attached hydrogens (tertiary/aromatic N) is 2. The van der Waals surface area contributed by atoms with Crippen molar-refractivity contribution in [3.8, 4) is 0 Å². The lowest BCUT2D eigenvalue weighted by Crippen LogP contribution is -2.36. The maximum atomic E-state index is 14.5. The summed E-state index contributed by atoms with van der Waals surface area (Å²) in [7, 11) is 0. The van der Waals surface area contributed by atoms with E-state index in [-0.39, 0.29) is 24.0 Å². The van der Waals surface area contributed by atoms with Crippen molar-refractivity contribution in [1.29, 1.82) is 0 Å². The van der Waals surface area contributed by atoms with E-state index in [2.05, 4.69) is 13.8 Å². The molecule has 0 unspecified atom stereocenters. The van der Waals surface area contributed by atoms with Gasteiger partial charge in [0.25, 0.3) is 0 Å². The van der Waals surface area contributed by atoms with E-state index in [0.717, 1.165) is 16.8 Å². The van der Waals surface area contributed by atoms with Gasteiger partial charge in [0.05, 0.1) is 34.6 Å². The van der Waals surface area contributed by atoms with Gasteiger partial charge in [-0.1, -0.05) is 44.2 Å². The molecule has 8 nitrogen and oxygen atoms in total. The van der Waals surface area contributed by atoms with Gasteiger partial charge in [0.1, 0.15) is 6.61 Å². The first-order valence-electron chi connectivity index (χ1n) is 12.3. The highest BCUT2D eigenvalue weighted by molar-refractivity contribution is 6.17. The number of nitrogen functional groups attached to an aromatic ring is 1. The van der Waals surface area contributed by atoms with Crippen LogP contribution < -0.4 is 15.5 Å². The molecule has 3 aliphatic rings. The summed E-state index contributed by atoms with van der Waals surface area (Å²) < 4.78 is 5.07. The normalized spacial score (nSPS) is 24.1. The number of benzene rings is 3. The number of anilines is 4. The molecule has 0 radical (unpaired) electrons. The number of carboxylic acid groups (broad SMARTS) is 1. The van der Waals surface area contributed by atoms with E-state index in [9.17, 15) is 19.5 Å². The minimum Gasteiger partial charge on any atom is -0.478 e. The molecular formula is C29H27N3O5. The first kappa shape index (κ1) is 23.1. The summed E-state index contributed by atoms with van der Waals surface area (Å²) in [4.78, 5) is 41.9. The van der Waals surface area contributed by atoms with Gasteiger partial charge in [-0.25, -0.2) is 9.59 Å². The van der Waals surface area contributed by atoms with Crippen LogP contribution in [0.15, 0.2) is 66.7 Å². The fourth-order valence-electron chi connectivity index (χ4n) is 6.47. The van der Waals surface area contributed by atoms with Crippen LogP contribution in [0.1, 0.15) is 41.8 Å². The standard InChI is InChI=1S/C29H27N3O5/c1-17(2)28(19-7-9-20(30)10-8-19)16-29(28)23-5-3-4-6-24(23)32(26(29)35)22-14-18(25(33)34)13-21(15-22)31-11-12-37-27(31)36/h3-10,13-15,17H,11-12,16,30H2,1-2H3,(H,33,34)/t28-,29-/m1/s1. The predicted molar refractivity (Wildman–Crippen MR) is 139 cm³/mol. The Balaban J connectivity index is 1.53. The van der Waals surface area contributed by atoms with E-state index in [0.29, 0.717) is 30.0 Å². The lowest BCUT2D eigenvalue weighted by atomic mass is 9.75. The van der Waals surface area contributed by atoms with Crippen LogP contribution in [0.3, 0.4) is 0 Å². The Morgan fingerprint density at radius 2 is 1.73 bits per heavy atom. The molecule has 2 heterocycles. The number of carboxylic acids is 1. The second-order valence-electron chi connectivity index (χ2n) is 10.3. The third-order valence-electron chi connectivity index (χ3n) is 8.25. The van der Waals surface area contributed by atoms with E-state index in [1.165, 1.54) is 17.0 Å². The van der Waals surface area contributed by atoms with Crippen LogP contribution >= 0.6 is 0 Å². The predicted octanol–water partition coefficient (Wildman–Crippen LogP) is 4.84. The van der Waals surface area contributed by atoms with Crippen molar-refractivity contribution in [2.75, 3.05) is 28.7 Å². The van der Waals surface area contributed by atoms with Crippen LogP contribution in [-0.2, 0) is 20.4 Å². The van der Waals surface area contributed by atoms with Crippen LogP contribution in [0.25, 0.3) is 0 Å². The van der Waals surface area contributed by atoms with Crippen molar-refractivity contribution in [2.45, 2.75) is 31.1 Å². The summed E-state index contributed by atoms with van der Waals surface area (Å²) >= 11 is 0. The maximum Gasteiger partial charge on any atom is 0.414 e. The first-order valence-corrected chi connectivity index (χ1v) is 12.3. The molecule has 6 rings (SSSR count). The largest absolute Gasteiger partial charge is 0.478 e. The molecule has 1 spiro atoms. The third kappa shape index (κ3) is 3.05. The van der Waals surface area contributed by atoms with E-state index in [4.69, 9.17) is 10.5 Å². The average Bonchev–Trinajstić information content (AvgIpc) is 3.32. The van der Waals surface area contributed by atoms with E-state index in [1.54, 1.807) is 11.0 Å². The molecule has 1 saturated heterocycles. The van der Waals surface area contributed by atoms with Crippen molar-refractivity contribution in [1.82, 2.24) is 0 Å². The summed E-state index contributed by atoms with van der Waals surface area (Å²) in [6.45, 7) is 4.79. The molecule has 3 aromatic carbocycles. The van der Waals surface area contributed by atoms with Gasteiger partial charge in [0.15, 0.2) is 0 Å². The number of cyclic esters (lactones) is 1. The van der Waals surface area contributed by atoms with Crippen LogP contribution in [0.5, 0.6) is 0 Å². The van der Waals surface area contributed by atoms with Gasteiger partial charge >= 0.3 is 12.1 Å². The first-order chi connectivity index (χ1) is 17.7. The number of hydrogen-bond donors (Lipinski definition) is 2. The molecule has 8 heteroatoms. The number of nitrogens with two attached hydrogens (primary N) is 1. The molecule has 0 bridgehead atoms. The zero-order chi connectivity index (χ0) is 26.1. The molecule has 37 heavy (non-hydrogen) atoms. The number of amides is 2. The number of para-hydroxylation sites is 1. The highest BCUT2D eigenvalue weighted by Crippen LogP contribution is 2.73. The summed E-state index contributed by atoms with van der Waals surface area (Å²) in [6, 6.07) is 20.1. The topological polar surface area (TPSA) is 113 Å². The quantitative estimate of drug-likeness (QED) is 0.488. The summed E-state index contributed by atoms with van der Waals surface area (Å²) in [5.41, 5.74) is 8.89. The Bertz CT molecular complexity index is 1470. The number of aromatic carboxylic acids is 1. The van der Waals surface area contributed by atoms with Gasteiger partial charge in [-0.05, 0) is 59.9 Å². The summed E-state index contributed by atoms with van der Waals surface area (Å²) in [5, 5.41) is 9.84. The molecular weight excluding hydrogens is 470 g/mol. The maximum absolute atomic E-state index is 14.5. The lowest BCUT2D eigenvalue weighted by molar-refractivity contribution is -0.120. The minimum absolute atomic E-state index is 0.0112. The average molecular weight is 498 g/mol. The Labute approximate surface area is 214 Å². The van der Waals surface area contributed by atoms with Crippen LogP contribution in [0.4, 0.5) is 27.5 Å². The Hall–Kier alpha value is -4.33. The monoisotopic (exact) mass is 497 g/mol. The molecule has 188 valence electrons. The number of rotatable bonds is 5. The Morgan fingerprint density at radius 3 is 2.38 bits per heavy atom. The summed E-state index contributed by atoms with van der Waals surface area (Å²) in [6.07, 6.45) is 0.0974. The molecule has 2 aliphatic heterocycles. The van der Waals surface area contributed by atoms with Crippen molar-refractivity contribution >= 4 is 40.7 Å². The third-order valence-corrected chi connectivity index (χ3v) is 8.25. The zero-order valence-electron chi connectivity index (χ0n) is 20.6. The Kier molecular flexibility index (Phi) is 4.89. The molecule has 0 aromatic heterocycles. The fourth-order valence-corrected chi connectivity index (χ4v) is 6.47. The van der Waals surface area contributed by atoms with Crippen LogP contribution in [0.2, 0.25) is 0 Å². The molecule has 2 fully saturated rings. The SMILES string of the molecule is CC(C)[C@@]1(c2ccc(N)cc2)C[C@@]12C(=O)N(c1cc(C(=O)O)cc(N3CCOC3=O)c1)c1ccccc12. The van der Waals surface area contributed by atoms with Crippen molar-refractivity contribution < 1.29 is 24.2 Å². The van der Waals surface area contributed by atoms with Crippen LogP contribution in [0, 0.1) is 5.92 Å². The summed E-state index contributed by atoms with van der Waals surface area (Å²) in [5.74, 6) is -1.10. The fraction of sp³-hybridized carbons (Fsp3) is 0.276. The van der Waals surface area contributed by atoms with Crippen molar-refractivity contribution in [2.24, 2.45) is 5.92 Å². The molecule has 2 amide bonds. The van der Waals surface area contributed by atoms with E-state index >= 15 is 0 Å². The van der Waals surface area contributed by atoms with Gasteiger partial charge in [-0.2, -0.15) is 0 Å². The molecule has 1 aliphatic carbocycles. The highest BCUT2D eigenvalue weighted by atomic mass is 16.6.